The molecule has 2 atom stereocenters. The fourth-order valence-corrected chi connectivity index (χ4v) is 2.77. The average Bonchev–Trinajstić information content (AvgIpc) is 2.66. The summed E-state index contributed by atoms with van der Waals surface area (Å²) in [5.41, 5.74) is 2.18. The van der Waals surface area contributed by atoms with E-state index in [0.29, 0.717) is 10.6 Å². The first kappa shape index (κ1) is 14.3. The van der Waals surface area contributed by atoms with Gasteiger partial charge in [0.05, 0.1) is 0 Å². The average molecular weight is 330 g/mol. The molecular formula is C12H20BrN5O. The van der Waals surface area contributed by atoms with Crippen molar-refractivity contribution in [3.8, 4) is 0 Å². The Hall–Kier alpha value is -1.11. The van der Waals surface area contributed by atoms with Crippen LogP contribution in [0.2, 0.25) is 0 Å². The fraction of sp³-hybridized carbons (Fsp3) is 0.750. The minimum atomic E-state index is -0.641. The van der Waals surface area contributed by atoms with E-state index in [1.165, 1.54) is 0 Å². The molecule has 2 rings (SSSR count). The molecule has 2 N–H and O–H groups in total. The molecule has 0 fully saturated rings. The number of nitrogens with zero attached hydrogens (tertiary/aromatic N) is 3. The molecule has 2 unspecified atom stereocenters. The van der Waals surface area contributed by atoms with Gasteiger partial charge in [-0.05, 0) is 35.7 Å². The van der Waals surface area contributed by atoms with Gasteiger partial charge in [0, 0.05) is 13.1 Å². The molecule has 0 saturated carbocycles. The first-order valence-electron chi connectivity index (χ1n) is 6.67. The zero-order valence-corrected chi connectivity index (χ0v) is 13.1. The summed E-state index contributed by atoms with van der Waals surface area (Å²) in [6.07, 6.45) is 2.03. The van der Waals surface area contributed by atoms with Crippen molar-refractivity contribution in [3.05, 3.63) is 0 Å². The lowest BCUT2D eigenvalue weighted by Gasteiger charge is -2.35. The molecule has 2 aliphatic rings. The predicted octanol–water partition coefficient (Wildman–Crippen LogP) is 1.03. The van der Waals surface area contributed by atoms with E-state index in [0.717, 1.165) is 25.9 Å². The van der Waals surface area contributed by atoms with Crippen LogP contribution in [0.5, 0.6) is 0 Å². The summed E-state index contributed by atoms with van der Waals surface area (Å²) in [6, 6.07) is -0.435. The molecule has 6 nitrogen and oxygen atoms in total. The molecule has 0 aromatic rings. The maximum Gasteiger partial charge on any atom is 0.253 e. The van der Waals surface area contributed by atoms with Crippen LogP contribution in [0.4, 0.5) is 0 Å². The van der Waals surface area contributed by atoms with E-state index < -0.39 is 11.6 Å². The number of halogens is 1. The lowest BCUT2D eigenvalue weighted by Crippen LogP contribution is -2.62. The van der Waals surface area contributed by atoms with Gasteiger partial charge in [0.1, 0.15) is 10.2 Å². The Balaban J connectivity index is 2.30. The summed E-state index contributed by atoms with van der Waals surface area (Å²) >= 11 is 3.40. The molecule has 0 radical (unpaired) electrons. The van der Waals surface area contributed by atoms with Crippen LogP contribution in [0.15, 0.2) is 10.1 Å². The van der Waals surface area contributed by atoms with Gasteiger partial charge >= 0.3 is 0 Å². The molecule has 1 amide bonds. The summed E-state index contributed by atoms with van der Waals surface area (Å²) in [5.74, 6) is 0.575. The van der Waals surface area contributed by atoms with Gasteiger partial charge in [-0.3, -0.25) is 15.5 Å². The van der Waals surface area contributed by atoms with Gasteiger partial charge in [0.15, 0.2) is 6.04 Å². The van der Waals surface area contributed by atoms with Gasteiger partial charge in [0.25, 0.3) is 5.91 Å². The minimum Gasteiger partial charge on any atom is -0.343 e. The molecular weight excluding hydrogens is 310 g/mol. The van der Waals surface area contributed by atoms with Gasteiger partial charge in [-0.1, -0.05) is 13.8 Å². The van der Waals surface area contributed by atoms with Crippen molar-refractivity contribution in [3.63, 3.8) is 0 Å². The van der Waals surface area contributed by atoms with Gasteiger partial charge in [-0.15, -0.1) is 0 Å². The normalized spacial score (nSPS) is 29.1. The summed E-state index contributed by atoms with van der Waals surface area (Å²) in [4.78, 5) is 19.0. The van der Waals surface area contributed by atoms with E-state index in [4.69, 9.17) is 4.99 Å². The van der Waals surface area contributed by atoms with Crippen LogP contribution in [-0.2, 0) is 4.79 Å². The van der Waals surface area contributed by atoms with Crippen molar-refractivity contribution in [1.82, 2.24) is 15.6 Å². The number of rotatable bonds is 4. The molecule has 0 saturated heterocycles. The number of fused-ring (bicyclic) bond motifs is 1. The highest BCUT2D eigenvalue weighted by atomic mass is 79.9. The van der Waals surface area contributed by atoms with Crippen LogP contribution < -0.4 is 10.7 Å². The lowest BCUT2D eigenvalue weighted by atomic mass is 9.94. The number of carbonyl (C=O) groups is 1. The van der Waals surface area contributed by atoms with Gasteiger partial charge in [-0.25, -0.2) is 4.99 Å². The fourth-order valence-electron chi connectivity index (χ4n) is 2.35. The van der Waals surface area contributed by atoms with Crippen LogP contribution in [-0.4, -0.2) is 46.1 Å². The van der Waals surface area contributed by atoms with E-state index in [9.17, 15) is 4.79 Å². The summed E-state index contributed by atoms with van der Waals surface area (Å²) < 4.78 is 0.672. The lowest BCUT2D eigenvalue weighted by molar-refractivity contribution is -0.123. The van der Waals surface area contributed by atoms with E-state index in [2.05, 4.69) is 50.5 Å². The van der Waals surface area contributed by atoms with Crippen molar-refractivity contribution >= 4 is 32.4 Å². The van der Waals surface area contributed by atoms with Crippen molar-refractivity contribution in [2.45, 2.75) is 45.2 Å². The number of amides is 1. The Morgan fingerprint density at radius 3 is 2.58 bits per heavy atom. The second kappa shape index (κ2) is 5.48. The van der Waals surface area contributed by atoms with Crippen LogP contribution in [0.25, 0.3) is 0 Å². The van der Waals surface area contributed by atoms with E-state index in [1.807, 2.05) is 6.92 Å². The van der Waals surface area contributed by atoms with Crippen LogP contribution >= 0.6 is 15.9 Å². The number of hydrazone groups is 1. The number of aliphatic imine (C=N–C) groups is 1. The zero-order chi connectivity index (χ0) is 14.0. The second-order valence-electron chi connectivity index (χ2n) is 5.02. The predicted molar refractivity (Wildman–Crippen MR) is 79.4 cm³/mol. The number of nitrogens with one attached hydrogen (secondary N) is 2. The third kappa shape index (κ3) is 2.48. The number of carbonyl (C=O) groups excluding carboxylic acids is 1. The molecule has 0 aromatic heterocycles. The Bertz CT molecular complexity index is 430. The van der Waals surface area contributed by atoms with Crippen molar-refractivity contribution < 1.29 is 4.79 Å². The molecule has 0 aliphatic carbocycles. The quantitative estimate of drug-likeness (QED) is 0.809. The first-order valence-corrected chi connectivity index (χ1v) is 7.47. The summed E-state index contributed by atoms with van der Waals surface area (Å²) in [7, 11) is 0. The summed E-state index contributed by atoms with van der Waals surface area (Å²) in [6.45, 7) is 7.92. The second-order valence-corrected chi connectivity index (χ2v) is 5.78. The van der Waals surface area contributed by atoms with Crippen molar-refractivity contribution in [2.24, 2.45) is 10.1 Å². The highest BCUT2D eigenvalue weighted by Crippen LogP contribution is 2.29. The number of hydrogen-bond acceptors (Lipinski definition) is 5. The maximum atomic E-state index is 12.2. The number of hydrogen-bond donors (Lipinski definition) is 2. The Morgan fingerprint density at radius 2 is 2.00 bits per heavy atom. The molecule has 0 spiro atoms. The SMILES string of the molecule is CCCN(CCC)C1=NC2(C)C(Br)=NNC2C(=O)N1. The Kier molecular flexibility index (Phi) is 4.13. The van der Waals surface area contributed by atoms with E-state index >= 15 is 0 Å². The van der Waals surface area contributed by atoms with Crippen molar-refractivity contribution in [1.29, 1.82) is 0 Å². The molecule has 2 aliphatic heterocycles. The summed E-state index contributed by atoms with van der Waals surface area (Å²) in [5, 5.41) is 6.97. The first-order chi connectivity index (χ1) is 9.02. The molecule has 19 heavy (non-hydrogen) atoms. The highest BCUT2D eigenvalue weighted by Gasteiger charge is 2.50. The highest BCUT2D eigenvalue weighted by molar-refractivity contribution is 9.18. The monoisotopic (exact) mass is 329 g/mol. The van der Waals surface area contributed by atoms with Crippen LogP contribution in [0.1, 0.15) is 33.6 Å². The van der Waals surface area contributed by atoms with Crippen LogP contribution in [0, 0.1) is 0 Å². The van der Waals surface area contributed by atoms with Gasteiger partial charge in [-0.2, -0.15) is 5.10 Å². The van der Waals surface area contributed by atoms with E-state index in [-0.39, 0.29) is 5.91 Å². The standard InChI is InChI=1S/C12H20BrN5O/c1-4-6-18(7-5-2)11-14-9(19)8-12(3,15-11)10(13)17-16-8/h8,16H,4-7H2,1-3H3,(H,14,15,19). The van der Waals surface area contributed by atoms with Gasteiger partial charge in [0.2, 0.25) is 5.96 Å². The largest absolute Gasteiger partial charge is 0.343 e. The smallest absolute Gasteiger partial charge is 0.253 e. The number of guanidine groups is 1. The zero-order valence-electron chi connectivity index (χ0n) is 11.5. The Labute approximate surface area is 121 Å². The molecule has 0 aromatic carbocycles. The van der Waals surface area contributed by atoms with Gasteiger partial charge < -0.3 is 4.90 Å². The maximum absolute atomic E-state index is 12.2. The molecule has 2 heterocycles. The van der Waals surface area contributed by atoms with Crippen LogP contribution in [0.3, 0.4) is 0 Å². The van der Waals surface area contributed by atoms with Crippen molar-refractivity contribution in [2.75, 3.05) is 13.1 Å². The molecule has 0 bridgehead atoms. The third-order valence-electron chi connectivity index (χ3n) is 3.39. The minimum absolute atomic E-state index is 0.0806. The third-order valence-corrected chi connectivity index (χ3v) is 4.37. The topological polar surface area (TPSA) is 69.1 Å². The Morgan fingerprint density at radius 1 is 1.37 bits per heavy atom. The van der Waals surface area contributed by atoms with E-state index in [1.54, 1.807) is 0 Å². The molecule has 7 heteroatoms. The molecule has 106 valence electrons.